The quantitative estimate of drug-likeness (QED) is 0.472. The van der Waals surface area contributed by atoms with Gasteiger partial charge in [0.1, 0.15) is 10.7 Å². The molecule has 0 spiro atoms. The predicted octanol–water partition coefficient (Wildman–Crippen LogP) is 4.49. The van der Waals surface area contributed by atoms with E-state index in [4.69, 9.17) is 10.5 Å². The van der Waals surface area contributed by atoms with Crippen molar-refractivity contribution in [1.29, 1.82) is 0 Å². The number of anilines is 3. The van der Waals surface area contributed by atoms with Crippen LogP contribution >= 0.6 is 11.3 Å². The number of aryl methyl sites for hydroxylation is 2. The van der Waals surface area contributed by atoms with E-state index in [-0.39, 0.29) is 17.6 Å². The fraction of sp³-hybridized carbons (Fsp3) is 0.190. The zero-order chi connectivity index (χ0) is 20.3. The van der Waals surface area contributed by atoms with Crippen LogP contribution in [0.1, 0.15) is 43.6 Å². The number of nitrogens with two attached hydrogens (primary N) is 1. The van der Waals surface area contributed by atoms with Crippen LogP contribution in [0.25, 0.3) is 0 Å². The molecule has 0 saturated heterocycles. The summed E-state index contributed by atoms with van der Waals surface area (Å²) >= 11 is 1.20. The molecule has 0 radical (unpaired) electrons. The van der Waals surface area contributed by atoms with Crippen LogP contribution in [-0.4, -0.2) is 23.3 Å². The number of benzene rings is 2. The van der Waals surface area contributed by atoms with Gasteiger partial charge in [-0.25, -0.2) is 9.78 Å². The van der Waals surface area contributed by atoms with Crippen molar-refractivity contribution < 1.29 is 14.3 Å². The zero-order valence-electron chi connectivity index (χ0n) is 15.9. The first-order valence-electron chi connectivity index (χ1n) is 8.81. The average Bonchev–Trinajstić information content (AvgIpc) is 3.04. The lowest BCUT2D eigenvalue weighted by Gasteiger charge is -2.05. The lowest BCUT2D eigenvalue weighted by Crippen LogP contribution is -2.05. The molecule has 144 valence electrons. The van der Waals surface area contributed by atoms with E-state index in [1.807, 2.05) is 32.0 Å². The Balaban J connectivity index is 1.80. The number of hydrogen-bond acceptors (Lipinski definition) is 7. The molecule has 0 bridgehead atoms. The monoisotopic (exact) mass is 395 g/mol. The van der Waals surface area contributed by atoms with Crippen LogP contribution in [0.3, 0.4) is 0 Å². The lowest BCUT2D eigenvalue weighted by atomic mass is 10.0. The van der Waals surface area contributed by atoms with E-state index in [0.29, 0.717) is 27.7 Å². The smallest absolute Gasteiger partial charge is 0.338 e. The Morgan fingerprint density at radius 2 is 1.86 bits per heavy atom. The number of aromatic nitrogens is 1. The molecule has 0 saturated carbocycles. The van der Waals surface area contributed by atoms with Gasteiger partial charge in [-0.2, -0.15) is 0 Å². The summed E-state index contributed by atoms with van der Waals surface area (Å²) in [7, 11) is 0. The Labute approximate surface area is 167 Å². The molecule has 1 aromatic heterocycles. The van der Waals surface area contributed by atoms with Gasteiger partial charge < -0.3 is 15.8 Å². The highest BCUT2D eigenvalue weighted by Gasteiger charge is 2.20. The van der Waals surface area contributed by atoms with Crippen LogP contribution in [0.15, 0.2) is 42.5 Å². The van der Waals surface area contributed by atoms with Gasteiger partial charge in [0.25, 0.3) is 0 Å². The van der Waals surface area contributed by atoms with E-state index < -0.39 is 0 Å². The summed E-state index contributed by atoms with van der Waals surface area (Å²) in [5.41, 5.74) is 9.73. The van der Waals surface area contributed by atoms with Crippen LogP contribution in [0.2, 0.25) is 0 Å². The molecular formula is C21H21N3O3S. The summed E-state index contributed by atoms with van der Waals surface area (Å²) in [5, 5.41) is 3.63. The maximum atomic E-state index is 12.9. The van der Waals surface area contributed by atoms with E-state index in [1.54, 1.807) is 31.2 Å². The second-order valence-corrected chi connectivity index (χ2v) is 7.30. The summed E-state index contributed by atoms with van der Waals surface area (Å²) in [6, 6.07) is 12.6. The first-order chi connectivity index (χ1) is 13.4. The Kier molecular flexibility index (Phi) is 5.75. The molecule has 0 atom stereocenters. The normalized spacial score (nSPS) is 10.5. The second kappa shape index (κ2) is 8.22. The number of ether oxygens (including phenoxy) is 1. The summed E-state index contributed by atoms with van der Waals surface area (Å²) in [5.74, 6) is -0.308. The van der Waals surface area contributed by atoms with Crippen molar-refractivity contribution >= 4 is 39.7 Å². The molecule has 0 fully saturated rings. The Hall–Kier alpha value is -3.19. The third-order valence-corrected chi connectivity index (χ3v) is 5.13. The van der Waals surface area contributed by atoms with Gasteiger partial charge >= 0.3 is 5.97 Å². The number of carbonyl (C=O) groups is 2. The Bertz CT molecular complexity index is 1030. The molecule has 28 heavy (non-hydrogen) atoms. The van der Waals surface area contributed by atoms with Crippen LogP contribution in [-0.2, 0) is 4.74 Å². The number of nitrogens with zero attached hydrogens (tertiary/aromatic N) is 1. The van der Waals surface area contributed by atoms with Crippen molar-refractivity contribution in [3.8, 4) is 0 Å². The average molecular weight is 395 g/mol. The van der Waals surface area contributed by atoms with Gasteiger partial charge in [0.15, 0.2) is 5.13 Å². The topological polar surface area (TPSA) is 94.3 Å². The van der Waals surface area contributed by atoms with Gasteiger partial charge in [-0.05, 0) is 56.7 Å². The van der Waals surface area contributed by atoms with E-state index in [1.165, 1.54) is 11.3 Å². The van der Waals surface area contributed by atoms with Crippen LogP contribution in [0.5, 0.6) is 0 Å². The molecule has 2 aromatic carbocycles. The molecule has 3 aromatic rings. The molecule has 1 heterocycles. The minimum absolute atomic E-state index is 0.137. The van der Waals surface area contributed by atoms with Gasteiger partial charge in [-0.15, -0.1) is 0 Å². The zero-order valence-corrected chi connectivity index (χ0v) is 16.7. The van der Waals surface area contributed by atoms with Gasteiger partial charge in [0.05, 0.1) is 12.2 Å². The number of esters is 1. The van der Waals surface area contributed by atoms with Crippen molar-refractivity contribution in [2.45, 2.75) is 20.8 Å². The van der Waals surface area contributed by atoms with E-state index in [0.717, 1.165) is 16.8 Å². The third-order valence-electron chi connectivity index (χ3n) is 4.14. The Morgan fingerprint density at radius 1 is 1.14 bits per heavy atom. The molecular weight excluding hydrogens is 374 g/mol. The fourth-order valence-electron chi connectivity index (χ4n) is 2.68. The molecule has 0 aliphatic heterocycles. The molecule has 0 aliphatic rings. The number of carbonyl (C=O) groups excluding carboxylic acids is 2. The summed E-state index contributed by atoms with van der Waals surface area (Å²) in [6.45, 7) is 5.93. The molecule has 3 N–H and O–H groups in total. The lowest BCUT2D eigenvalue weighted by molar-refractivity contribution is 0.0526. The predicted molar refractivity (Wildman–Crippen MR) is 112 cm³/mol. The van der Waals surface area contributed by atoms with Gasteiger partial charge in [0, 0.05) is 11.3 Å². The van der Waals surface area contributed by atoms with Crippen LogP contribution in [0, 0.1) is 13.8 Å². The van der Waals surface area contributed by atoms with Gasteiger partial charge in [-0.1, -0.05) is 29.0 Å². The standard InChI is InChI=1S/C21H21N3O3S/c1-4-27-20(26)14-7-9-15(10-8-14)23-21-24-19(22)18(28-21)17(25)16-11-12(2)5-6-13(16)3/h5-11H,4,22H2,1-3H3,(H,23,24). The minimum Gasteiger partial charge on any atom is -0.462 e. The molecule has 6 nitrogen and oxygen atoms in total. The van der Waals surface area contributed by atoms with E-state index in [9.17, 15) is 9.59 Å². The van der Waals surface area contributed by atoms with E-state index in [2.05, 4.69) is 10.3 Å². The van der Waals surface area contributed by atoms with Gasteiger partial charge in [-0.3, -0.25) is 4.79 Å². The third kappa shape index (κ3) is 4.20. The van der Waals surface area contributed by atoms with Crippen LogP contribution in [0.4, 0.5) is 16.6 Å². The number of rotatable bonds is 6. The van der Waals surface area contributed by atoms with Crippen LogP contribution < -0.4 is 11.1 Å². The molecule has 0 unspecified atom stereocenters. The largest absolute Gasteiger partial charge is 0.462 e. The number of hydrogen-bond donors (Lipinski definition) is 2. The maximum Gasteiger partial charge on any atom is 0.338 e. The molecule has 0 amide bonds. The van der Waals surface area contributed by atoms with Crippen molar-refractivity contribution in [1.82, 2.24) is 4.98 Å². The van der Waals surface area contributed by atoms with E-state index >= 15 is 0 Å². The highest BCUT2D eigenvalue weighted by molar-refractivity contribution is 7.18. The Morgan fingerprint density at radius 3 is 2.54 bits per heavy atom. The number of thiazole rings is 1. The number of ketones is 1. The number of nitrogens with one attached hydrogen (secondary N) is 1. The molecule has 0 aliphatic carbocycles. The fourth-order valence-corrected chi connectivity index (χ4v) is 3.54. The highest BCUT2D eigenvalue weighted by atomic mass is 32.1. The first kappa shape index (κ1) is 19.6. The van der Waals surface area contributed by atoms with Crippen molar-refractivity contribution in [3.63, 3.8) is 0 Å². The summed E-state index contributed by atoms with van der Waals surface area (Å²) in [4.78, 5) is 29.3. The first-order valence-corrected chi connectivity index (χ1v) is 9.63. The SMILES string of the molecule is CCOC(=O)c1ccc(Nc2nc(N)c(C(=O)c3cc(C)ccc3C)s2)cc1. The van der Waals surface area contributed by atoms with Crippen molar-refractivity contribution in [3.05, 3.63) is 69.6 Å². The van der Waals surface area contributed by atoms with Crippen molar-refractivity contribution in [2.24, 2.45) is 0 Å². The number of nitrogen functional groups attached to an aromatic ring is 1. The van der Waals surface area contributed by atoms with Crippen molar-refractivity contribution in [2.75, 3.05) is 17.7 Å². The summed E-state index contributed by atoms with van der Waals surface area (Å²) < 4.78 is 4.97. The summed E-state index contributed by atoms with van der Waals surface area (Å²) in [6.07, 6.45) is 0. The molecule has 7 heteroatoms. The highest BCUT2D eigenvalue weighted by Crippen LogP contribution is 2.30. The van der Waals surface area contributed by atoms with Gasteiger partial charge in [0.2, 0.25) is 5.78 Å². The maximum absolute atomic E-state index is 12.9. The second-order valence-electron chi connectivity index (χ2n) is 6.30. The minimum atomic E-state index is -0.367. The molecule has 3 rings (SSSR count).